The Kier molecular flexibility index (Phi) is 4.69. The fourth-order valence-electron chi connectivity index (χ4n) is 1.20. The molecule has 0 aliphatic carbocycles. The average Bonchev–Trinajstić information content (AvgIpc) is 2.17. The Hall–Kier alpha value is -0.960. The van der Waals surface area contributed by atoms with E-state index in [-0.39, 0.29) is 5.78 Å². The van der Waals surface area contributed by atoms with E-state index < -0.39 is 0 Å². The number of ketones is 1. The number of methoxy groups -OCH3 is 1. The zero-order valence-corrected chi connectivity index (χ0v) is 10.2. The Morgan fingerprint density at radius 2 is 2.20 bits per heavy atom. The van der Waals surface area contributed by atoms with Crippen LogP contribution in [-0.2, 0) is 4.79 Å². The Labute approximate surface area is 95.0 Å². The van der Waals surface area contributed by atoms with Crippen LogP contribution >= 0.6 is 11.8 Å². The number of rotatable bonds is 5. The van der Waals surface area contributed by atoms with Gasteiger partial charge in [-0.2, -0.15) is 0 Å². The molecule has 1 aromatic carbocycles. The minimum Gasteiger partial charge on any atom is -0.496 e. The van der Waals surface area contributed by atoms with Crippen LogP contribution in [0.5, 0.6) is 5.75 Å². The topological polar surface area (TPSA) is 26.3 Å². The largest absolute Gasteiger partial charge is 0.496 e. The molecule has 0 N–H and O–H groups in total. The molecule has 0 aromatic heterocycles. The first-order valence-corrected chi connectivity index (χ1v) is 5.89. The van der Waals surface area contributed by atoms with Crippen LogP contribution < -0.4 is 4.74 Å². The van der Waals surface area contributed by atoms with Crippen molar-refractivity contribution in [2.45, 2.75) is 25.2 Å². The van der Waals surface area contributed by atoms with Gasteiger partial charge in [0.25, 0.3) is 0 Å². The van der Waals surface area contributed by atoms with E-state index >= 15 is 0 Å². The molecule has 0 saturated carbocycles. The zero-order chi connectivity index (χ0) is 11.3. The second-order valence-electron chi connectivity index (χ2n) is 3.45. The number of carbonyl (C=O) groups is 1. The van der Waals surface area contributed by atoms with E-state index in [9.17, 15) is 4.79 Å². The molecule has 0 amide bonds. The molecule has 0 spiro atoms. The lowest BCUT2D eigenvalue weighted by molar-refractivity contribution is -0.116. The summed E-state index contributed by atoms with van der Waals surface area (Å²) in [6.45, 7) is 3.67. The van der Waals surface area contributed by atoms with Crippen molar-refractivity contribution in [1.29, 1.82) is 0 Å². The van der Waals surface area contributed by atoms with Crippen molar-refractivity contribution < 1.29 is 9.53 Å². The summed E-state index contributed by atoms with van der Waals surface area (Å²) in [5.41, 5.74) is 1.21. The molecule has 0 saturated heterocycles. The summed E-state index contributed by atoms with van der Waals surface area (Å²) in [7, 11) is 1.67. The third-order valence-corrected chi connectivity index (χ3v) is 3.07. The molecule has 0 aliphatic heterocycles. The van der Waals surface area contributed by atoms with E-state index in [2.05, 4.69) is 13.0 Å². The molecule has 0 aliphatic rings. The molecular formula is C12H16O2S. The van der Waals surface area contributed by atoms with E-state index in [1.165, 1.54) is 5.56 Å². The standard InChI is InChI=1S/C12H16O2S/c1-9-4-5-11(14-3)12(8-9)15-7-6-10(2)13/h4-5,8H,6-7H2,1-3H3. The number of aryl methyl sites for hydroxylation is 1. The first-order chi connectivity index (χ1) is 7.13. The van der Waals surface area contributed by atoms with E-state index in [1.54, 1.807) is 25.8 Å². The van der Waals surface area contributed by atoms with Gasteiger partial charge in [0.15, 0.2) is 0 Å². The van der Waals surface area contributed by atoms with Crippen LogP contribution in [0.3, 0.4) is 0 Å². The minimum absolute atomic E-state index is 0.231. The van der Waals surface area contributed by atoms with Crippen LogP contribution in [0, 0.1) is 6.92 Å². The van der Waals surface area contributed by atoms with Gasteiger partial charge in [0.2, 0.25) is 0 Å². The van der Waals surface area contributed by atoms with Crippen molar-refractivity contribution >= 4 is 17.5 Å². The Morgan fingerprint density at radius 3 is 2.80 bits per heavy atom. The fourth-order valence-corrected chi connectivity index (χ4v) is 2.37. The summed E-state index contributed by atoms with van der Waals surface area (Å²) in [5.74, 6) is 1.93. The lowest BCUT2D eigenvalue weighted by Crippen LogP contribution is -1.93. The molecule has 1 aromatic rings. The Balaban J connectivity index is 2.65. The van der Waals surface area contributed by atoms with Gasteiger partial charge in [-0.1, -0.05) is 6.07 Å². The molecule has 0 heterocycles. The molecule has 0 fully saturated rings. The second-order valence-corrected chi connectivity index (χ2v) is 4.59. The van der Waals surface area contributed by atoms with E-state index in [0.29, 0.717) is 6.42 Å². The van der Waals surface area contributed by atoms with Crippen molar-refractivity contribution in [3.63, 3.8) is 0 Å². The number of hydrogen-bond donors (Lipinski definition) is 0. The molecule has 0 atom stereocenters. The third kappa shape index (κ3) is 3.96. The predicted octanol–water partition coefficient (Wildman–Crippen LogP) is 3.07. The molecule has 0 unspecified atom stereocenters. The normalized spacial score (nSPS) is 10.1. The number of benzene rings is 1. The number of thioether (sulfide) groups is 1. The molecule has 0 radical (unpaired) electrons. The predicted molar refractivity (Wildman–Crippen MR) is 63.8 cm³/mol. The van der Waals surface area contributed by atoms with E-state index in [1.807, 2.05) is 12.1 Å². The van der Waals surface area contributed by atoms with E-state index in [4.69, 9.17) is 4.74 Å². The monoisotopic (exact) mass is 224 g/mol. The average molecular weight is 224 g/mol. The van der Waals surface area contributed by atoms with Gasteiger partial charge in [0.05, 0.1) is 7.11 Å². The van der Waals surface area contributed by atoms with Crippen molar-refractivity contribution in [2.75, 3.05) is 12.9 Å². The first-order valence-electron chi connectivity index (χ1n) is 4.90. The van der Waals surface area contributed by atoms with Gasteiger partial charge in [0, 0.05) is 17.1 Å². The van der Waals surface area contributed by atoms with Crippen molar-refractivity contribution in [2.24, 2.45) is 0 Å². The summed E-state index contributed by atoms with van der Waals surface area (Å²) < 4.78 is 5.25. The summed E-state index contributed by atoms with van der Waals surface area (Å²) in [6.07, 6.45) is 0.613. The van der Waals surface area contributed by atoms with Crippen molar-refractivity contribution in [3.8, 4) is 5.75 Å². The maximum atomic E-state index is 10.8. The highest BCUT2D eigenvalue weighted by molar-refractivity contribution is 7.99. The zero-order valence-electron chi connectivity index (χ0n) is 9.37. The highest BCUT2D eigenvalue weighted by atomic mass is 32.2. The van der Waals surface area contributed by atoms with Crippen LogP contribution in [-0.4, -0.2) is 18.6 Å². The highest BCUT2D eigenvalue weighted by Gasteiger charge is 2.04. The Morgan fingerprint density at radius 1 is 1.47 bits per heavy atom. The van der Waals surface area contributed by atoms with Gasteiger partial charge in [-0.25, -0.2) is 0 Å². The van der Waals surface area contributed by atoms with Gasteiger partial charge >= 0.3 is 0 Å². The van der Waals surface area contributed by atoms with E-state index in [0.717, 1.165) is 16.4 Å². The lowest BCUT2D eigenvalue weighted by atomic mass is 10.2. The minimum atomic E-state index is 0.231. The van der Waals surface area contributed by atoms with Gasteiger partial charge in [-0.05, 0) is 31.5 Å². The van der Waals surface area contributed by atoms with Crippen LogP contribution in [0.1, 0.15) is 18.9 Å². The van der Waals surface area contributed by atoms with Crippen LogP contribution in [0.4, 0.5) is 0 Å². The quantitative estimate of drug-likeness (QED) is 0.719. The van der Waals surface area contributed by atoms with Gasteiger partial charge in [-0.15, -0.1) is 11.8 Å². The van der Waals surface area contributed by atoms with Crippen molar-refractivity contribution in [3.05, 3.63) is 23.8 Å². The van der Waals surface area contributed by atoms with Gasteiger partial charge < -0.3 is 4.74 Å². The number of Topliss-reactive ketones (excluding diaryl/α,β-unsaturated/α-hetero) is 1. The maximum Gasteiger partial charge on any atom is 0.132 e. The molecule has 15 heavy (non-hydrogen) atoms. The summed E-state index contributed by atoms with van der Waals surface area (Å²) >= 11 is 1.67. The summed E-state index contributed by atoms with van der Waals surface area (Å²) in [6, 6.07) is 6.07. The second kappa shape index (κ2) is 5.81. The smallest absolute Gasteiger partial charge is 0.132 e. The fraction of sp³-hybridized carbons (Fsp3) is 0.417. The van der Waals surface area contributed by atoms with Gasteiger partial charge in [0.1, 0.15) is 11.5 Å². The maximum absolute atomic E-state index is 10.8. The first kappa shape index (κ1) is 12.1. The molecule has 3 heteroatoms. The number of hydrogen-bond acceptors (Lipinski definition) is 3. The summed E-state index contributed by atoms with van der Waals surface area (Å²) in [4.78, 5) is 11.9. The molecule has 0 bridgehead atoms. The van der Waals surface area contributed by atoms with Gasteiger partial charge in [-0.3, -0.25) is 4.79 Å². The molecular weight excluding hydrogens is 208 g/mol. The molecule has 82 valence electrons. The third-order valence-electron chi connectivity index (χ3n) is 2.03. The lowest BCUT2D eigenvalue weighted by Gasteiger charge is -2.08. The number of ether oxygens (including phenoxy) is 1. The number of carbonyl (C=O) groups excluding carboxylic acids is 1. The van der Waals surface area contributed by atoms with Crippen LogP contribution in [0.2, 0.25) is 0 Å². The van der Waals surface area contributed by atoms with Crippen LogP contribution in [0.25, 0.3) is 0 Å². The highest BCUT2D eigenvalue weighted by Crippen LogP contribution is 2.30. The van der Waals surface area contributed by atoms with Crippen molar-refractivity contribution in [1.82, 2.24) is 0 Å². The Bertz CT molecular complexity index is 347. The molecule has 1 rings (SSSR count). The molecule has 2 nitrogen and oxygen atoms in total. The SMILES string of the molecule is COc1ccc(C)cc1SCCC(C)=O. The van der Waals surface area contributed by atoms with Crippen LogP contribution in [0.15, 0.2) is 23.1 Å². The summed E-state index contributed by atoms with van der Waals surface area (Å²) in [5, 5.41) is 0.